The second-order valence-electron chi connectivity index (χ2n) is 12.4. The zero-order valence-electron chi connectivity index (χ0n) is 30.1. The summed E-state index contributed by atoms with van der Waals surface area (Å²) in [7, 11) is 0. The van der Waals surface area contributed by atoms with Gasteiger partial charge in [-0.15, -0.1) is 0 Å². The van der Waals surface area contributed by atoms with Gasteiger partial charge in [0.2, 0.25) is 35.4 Å². The average molecular weight is 729 g/mol. The molecule has 0 unspecified atom stereocenters. The van der Waals surface area contributed by atoms with Crippen LogP contribution < -0.4 is 31.9 Å². The van der Waals surface area contributed by atoms with Crippen LogP contribution in [0, 0.1) is 0 Å². The lowest BCUT2D eigenvalue weighted by molar-refractivity contribution is -0.129. The number of amides is 6. The Morgan fingerprint density at radius 2 is 0.852 bits per heavy atom. The zero-order valence-corrected chi connectivity index (χ0v) is 30.1. The molecule has 0 fully saturated rings. The summed E-state index contributed by atoms with van der Waals surface area (Å²) in [6, 6.07) is 39.5. The van der Waals surface area contributed by atoms with Crippen LogP contribution in [0.4, 0.5) is 11.4 Å². The van der Waals surface area contributed by atoms with E-state index >= 15 is 0 Å². The van der Waals surface area contributed by atoms with Crippen LogP contribution in [0.1, 0.15) is 25.0 Å². The monoisotopic (exact) mass is 728 g/mol. The summed E-state index contributed by atoms with van der Waals surface area (Å²) in [6.07, 6.45) is 0.379. The molecule has 0 aliphatic carbocycles. The minimum Gasteiger partial charge on any atom is -0.345 e. The minimum absolute atomic E-state index is 0.160. The Morgan fingerprint density at radius 3 is 1.33 bits per heavy atom. The zero-order chi connectivity index (χ0) is 38.7. The lowest BCUT2D eigenvalue weighted by atomic mass is 10.0. The molecule has 5 rings (SSSR count). The number of carbonyl (C=O) groups is 6. The van der Waals surface area contributed by atoms with E-state index in [9.17, 15) is 28.8 Å². The lowest BCUT2D eigenvalue weighted by Gasteiger charge is -2.14. The summed E-state index contributed by atoms with van der Waals surface area (Å²) in [5, 5.41) is 17.8. The molecule has 6 amide bonds. The first kappa shape index (κ1) is 40.0. The van der Waals surface area contributed by atoms with E-state index in [1.54, 1.807) is 62.4 Å². The van der Waals surface area contributed by atoms with Gasteiger partial charge in [-0.05, 0) is 60.0 Å². The van der Waals surface area contributed by atoms with Crippen LogP contribution in [-0.4, -0.2) is 60.6 Å². The lowest BCUT2D eigenvalue weighted by Crippen LogP contribution is -2.47. The molecule has 5 aromatic carbocycles. The third kappa shape index (κ3) is 14.1. The molecule has 12 heteroatoms. The third-order valence-electron chi connectivity index (χ3n) is 7.89. The van der Waals surface area contributed by atoms with Crippen molar-refractivity contribution in [2.75, 3.05) is 23.7 Å². The molecule has 2 atom stereocenters. The fourth-order valence-electron chi connectivity index (χ4n) is 5.13. The van der Waals surface area contributed by atoms with E-state index in [2.05, 4.69) is 31.9 Å². The molecule has 0 spiro atoms. The van der Waals surface area contributed by atoms with Crippen LogP contribution >= 0.6 is 0 Å². The van der Waals surface area contributed by atoms with Gasteiger partial charge in [-0.1, -0.05) is 109 Å². The first-order valence-corrected chi connectivity index (χ1v) is 17.4. The van der Waals surface area contributed by atoms with Crippen LogP contribution in [0.3, 0.4) is 0 Å². The predicted molar refractivity (Wildman–Crippen MR) is 209 cm³/mol. The Morgan fingerprint density at radius 1 is 0.444 bits per heavy atom. The van der Waals surface area contributed by atoms with Gasteiger partial charge in [0.1, 0.15) is 12.1 Å². The first-order valence-electron chi connectivity index (χ1n) is 17.4. The van der Waals surface area contributed by atoms with Crippen molar-refractivity contribution in [1.82, 2.24) is 21.3 Å². The molecular weight excluding hydrogens is 684 g/mol. The molecule has 5 aromatic rings. The van der Waals surface area contributed by atoms with Crippen molar-refractivity contribution in [1.29, 1.82) is 0 Å². The summed E-state index contributed by atoms with van der Waals surface area (Å²) >= 11 is 0. The molecule has 12 nitrogen and oxygen atoms in total. The molecule has 0 aliphatic rings. The molecule has 0 aliphatic heterocycles. The SMILES string of the molecule is C[C@H](NC(=O)Cc1ccc2ccccc2c1)C(=O)NCC(=O)Nc1ccccc1.C[C@H](NC(=O)Cc1ccccc1)C(=O)NCC(=O)Nc1ccccc1. The molecule has 0 heterocycles. The normalized spacial score (nSPS) is 11.4. The van der Waals surface area contributed by atoms with Crippen molar-refractivity contribution < 1.29 is 28.8 Å². The highest BCUT2D eigenvalue weighted by Gasteiger charge is 2.18. The van der Waals surface area contributed by atoms with E-state index < -0.39 is 23.9 Å². The van der Waals surface area contributed by atoms with E-state index in [0.717, 1.165) is 21.9 Å². The molecule has 0 aromatic heterocycles. The number of anilines is 2. The van der Waals surface area contributed by atoms with Crippen LogP contribution in [0.25, 0.3) is 10.8 Å². The average Bonchev–Trinajstić information content (AvgIpc) is 3.17. The minimum atomic E-state index is -0.743. The Bertz CT molecular complexity index is 2030. The maximum Gasteiger partial charge on any atom is 0.243 e. The highest BCUT2D eigenvalue weighted by molar-refractivity contribution is 5.97. The van der Waals surface area contributed by atoms with E-state index in [0.29, 0.717) is 11.4 Å². The topological polar surface area (TPSA) is 175 Å². The van der Waals surface area contributed by atoms with Crippen molar-refractivity contribution in [3.8, 4) is 0 Å². The summed E-state index contributed by atoms with van der Waals surface area (Å²) in [5.74, 6) is -1.99. The molecular formula is C42H44N6O6. The van der Waals surface area contributed by atoms with Crippen molar-refractivity contribution in [3.05, 3.63) is 145 Å². The number of benzene rings is 5. The summed E-state index contributed by atoms with van der Waals surface area (Å²) in [6.45, 7) is 2.83. The van der Waals surface area contributed by atoms with Crippen LogP contribution in [0.5, 0.6) is 0 Å². The van der Waals surface area contributed by atoms with E-state index in [-0.39, 0.29) is 49.6 Å². The van der Waals surface area contributed by atoms with Crippen LogP contribution in [-0.2, 0) is 41.6 Å². The Labute approximate surface area is 314 Å². The van der Waals surface area contributed by atoms with Crippen LogP contribution in [0.2, 0.25) is 0 Å². The Kier molecular flexibility index (Phi) is 15.5. The number of nitrogens with one attached hydrogen (secondary N) is 6. The highest BCUT2D eigenvalue weighted by atomic mass is 16.2. The fourth-order valence-corrected chi connectivity index (χ4v) is 5.13. The number of hydrogen-bond acceptors (Lipinski definition) is 6. The quantitative estimate of drug-likeness (QED) is 0.100. The molecule has 6 N–H and O–H groups in total. The highest BCUT2D eigenvalue weighted by Crippen LogP contribution is 2.16. The van der Waals surface area contributed by atoms with E-state index in [1.165, 1.54) is 0 Å². The number of rotatable bonds is 14. The molecule has 0 saturated heterocycles. The number of para-hydroxylation sites is 2. The van der Waals surface area contributed by atoms with Gasteiger partial charge in [-0.3, -0.25) is 28.8 Å². The van der Waals surface area contributed by atoms with Gasteiger partial charge in [0.05, 0.1) is 25.9 Å². The second-order valence-corrected chi connectivity index (χ2v) is 12.4. The molecule has 0 radical (unpaired) electrons. The number of carbonyl (C=O) groups excluding carboxylic acids is 6. The molecule has 0 saturated carbocycles. The second kappa shape index (κ2) is 20.9. The number of hydrogen-bond donors (Lipinski definition) is 6. The van der Waals surface area contributed by atoms with Crippen molar-refractivity contribution >= 4 is 57.6 Å². The van der Waals surface area contributed by atoms with Gasteiger partial charge >= 0.3 is 0 Å². The maximum atomic E-state index is 12.3. The van der Waals surface area contributed by atoms with Gasteiger partial charge in [-0.2, -0.15) is 0 Å². The predicted octanol–water partition coefficient (Wildman–Crippen LogP) is 4.13. The third-order valence-corrected chi connectivity index (χ3v) is 7.89. The Balaban J connectivity index is 0.000000244. The molecule has 278 valence electrons. The van der Waals surface area contributed by atoms with Gasteiger partial charge in [0.15, 0.2) is 0 Å². The van der Waals surface area contributed by atoms with Crippen LogP contribution in [0.15, 0.2) is 133 Å². The summed E-state index contributed by atoms with van der Waals surface area (Å²) in [4.78, 5) is 72.0. The largest absolute Gasteiger partial charge is 0.345 e. The van der Waals surface area contributed by atoms with Gasteiger partial charge in [0, 0.05) is 11.4 Å². The summed E-state index contributed by atoms with van der Waals surface area (Å²) < 4.78 is 0. The summed E-state index contributed by atoms with van der Waals surface area (Å²) in [5.41, 5.74) is 3.06. The number of fused-ring (bicyclic) bond motifs is 1. The van der Waals surface area contributed by atoms with Gasteiger partial charge < -0.3 is 31.9 Å². The van der Waals surface area contributed by atoms with Gasteiger partial charge in [0.25, 0.3) is 0 Å². The van der Waals surface area contributed by atoms with Crippen molar-refractivity contribution in [2.45, 2.75) is 38.8 Å². The van der Waals surface area contributed by atoms with Crippen molar-refractivity contribution in [2.24, 2.45) is 0 Å². The smallest absolute Gasteiger partial charge is 0.243 e. The van der Waals surface area contributed by atoms with E-state index in [1.807, 2.05) is 84.9 Å². The maximum absolute atomic E-state index is 12.3. The Hall–Kier alpha value is -6.82. The molecule has 54 heavy (non-hydrogen) atoms. The first-order chi connectivity index (χ1) is 26.0. The van der Waals surface area contributed by atoms with E-state index in [4.69, 9.17) is 0 Å². The van der Waals surface area contributed by atoms with Gasteiger partial charge in [-0.25, -0.2) is 0 Å². The van der Waals surface area contributed by atoms with Crippen molar-refractivity contribution in [3.63, 3.8) is 0 Å². The molecule has 0 bridgehead atoms. The fraction of sp³-hybridized carbons (Fsp3) is 0.190. The standard InChI is InChI=1S/C23H23N3O3.C19H21N3O3/c1-16(23(29)24-15-22(28)26-20-9-3-2-4-10-20)25-21(27)14-17-11-12-18-7-5-6-8-19(18)13-17;1-14(21-17(23)12-15-8-4-2-5-9-15)19(25)20-13-18(24)22-16-10-6-3-7-11-16/h2-13,16H,14-15H2,1H3,(H,24,29)(H,25,27)(H,26,28);2-11,14H,12-13H2,1H3,(H,20,25)(H,21,23)(H,22,24)/t16-;14-/m00/s1.